The average Bonchev–Trinajstić information content (AvgIpc) is 3.40. The topological polar surface area (TPSA) is 75.6 Å². The molecule has 4 rings (SSSR count). The monoisotopic (exact) mass is 502 g/mol. The molecular formula is C19H27IN4O4. The number of piperazine rings is 1. The number of carbonyl (C=O) groups excluding carboxylic acids is 1. The van der Waals surface area contributed by atoms with Crippen molar-refractivity contribution in [1.82, 2.24) is 15.1 Å². The van der Waals surface area contributed by atoms with Crippen LogP contribution in [0.5, 0.6) is 11.5 Å². The Morgan fingerprint density at radius 1 is 1.18 bits per heavy atom. The lowest BCUT2D eigenvalue weighted by Gasteiger charge is -2.37. The van der Waals surface area contributed by atoms with Gasteiger partial charge in [-0.1, -0.05) is 6.07 Å². The van der Waals surface area contributed by atoms with Crippen LogP contribution in [0.2, 0.25) is 0 Å². The Labute approximate surface area is 182 Å². The minimum Gasteiger partial charge on any atom is -0.454 e. The number of amides is 1. The van der Waals surface area contributed by atoms with Gasteiger partial charge < -0.3 is 29.3 Å². The molecule has 1 atom stereocenters. The molecule has 3 aliphatic rings. The van der Waals surface area contributed by atoms with Gasteiger partial charge >= 0.3 is 0 Å². The molecule has 8 nitrogen and oxygen atoms in total. The number of nitrogens with zero attached hydrogens (tertiary/aromatic N) is 3. The fraction of sp³-hybridized carbons (Fsp3) is 0.579. The summed E-state index contributed by atoms with van der Waals surface area (Å²) in [4.78, 5) is 21.0. The van der Waals surface area contributed by atoms with Crippen molar-refractivity contribution in [2.75, 3.05) is 46.6 Å². The molecule has 1 N–H and O–H groups in total. The molecule has 1 aromatic carbocycles. The van der Waals surface area contributed by atoms with Gasteiger partial charge in [0.15, 0.2) is 17.5 Å². The Kier molecular flexibility index (Phi) is 7.22. The predicted octanol–water partition coefficient (Wildman–Crippen LogP) is 1.43. The van der Waals surface area contributed by atoms with E-state index in [1.165, 1.54) is 0 Å². The minimum atomic E-state index is -0.236. The van der Waals surface area contributed by atoms with E-state index in [0.717, 1.165) is 49.0 Å². The minimum absolute atomic E-state index is 0. The first kappa shape index (κ1) is 21.0. The predicted molar refractivity (Wildman–Crippen MR) is 115 cm³/mol. The fourth-order valence-corrected chi connectivity index (χ4v) is 3.68. The molecule has 0 saturated carbocycles. The van der Waals surface area contributed by atoms with E-state index < -0.39 is 0 Å². The van der Waals surface area contributed by atoms with Gasteiger partial charge in [0.25, 0.3) is 5.91 Å². The molecule has 2 saturated heterocycles. The molecule has 0 aromatic heterocycles. The van der Waals surface area contributed by atoms with Crippen LogP contribution >= 0.6 is 24.0 Å². The molecule has 0 spiro atoms. The molecule has 0 aliphatic carbocycles. The van der Waals surface area contributed by atoms with Crippen LogP contribution in [0.1, 0.15) is 18.4 Å². The van der Waals surface area contributed by atoms with Gasteiger partial charge in [-0.3, -0.25) is 9.79 Å². The van der Waals surface area contributed by atoms with Gasteiger partial charge in [0.2, 0.25) is 6.79 Å². The van der Waals surface area contributed by atoms with Crippen molar-refractivity contribution in [2.24, 2.45) is 4.99 Å². The first-order valence-corrected chi connectivity index (χ1v) is 9.49. The summed E-state index contributed by atoms with van der Waals surface area (Å²) in [5, 5.41) is 3.40. The number of carbonyl (C=O) groups is 1. The van der Waals surface area contributed by atoms with Crippen molar-refractivity contribution >= 4 is 35.8 Å². The summed E-state index contributed by atoms with van der Waals surface area (Å²) in [5.74, 6) is 2.55. The molecule has 154 valence electrons. The van der Waals surface area contributed by atoms with Gasteiger partial charge in [0.1, 0.15) is 6.10 Å². The maximum atomic E-state index is 12.5. The third-order valence-electron chi connectivity index (χ3n) is 5.20. The summed E-state index contributed by atoms with van der Waals surface area (Å²) < 4.78 is 16.3. The Hall–Kier alpha value is -1.75. The standard InChI is InChI=1S/C19H26N4O4.HI/c1-20-19(21-12-14-4-5-15-17(11-14)27-13-26-15)23-8-6-22(7-9-23)18(24)16-3-2-10-25-16;/h4-5,11,16H,2-3,6-10,12-13H2,1H3,(H,20,21);1H. The summed E-state index contributed by atoms with van der Waals surface area (Å²) in [5.41, 5.74) is 1.10. The van der Waals surface area contributed by atoms with Crippen LogP contribution < -0.4 is 14.8 Å². The Balaban J connectivity index is 0.00000225. The lowest BCUT2D eigenvalue weighted by Crippen LogP contribution is -2.55. The number of fused-ring (bicyclic) bond motifs is 1. The van der Waals surface area contributed by atoms with Gasteiger partial charge in [-0.25, -0.2) is 0 Å². The summed E-state index contributed by atoms with van der Waals surface area (Å²) in [6.07, 6.45) is 1.59. The van der Waals surface area contributed by atoms with Crippen LogP contribution in [0.25, 0.3) is 0 Å². The number of guanidine groups is 1. The molecule has 9 heteroatoms. The molecule has 0 bridgehead atoms. The zero-order valence-electron chi connectivity index (χ0n) is 16.1. The lowest BCUT2D eigenvalue weighted by molar-refractivity contribution is -0.142. The zero-order valence-corrected chi connectivity index (χ0v) is 18.4. The normalized spacial score (nSPS) is 21.5. The van der Waals surface area contributed by atoms with Gasteiger partial charge in [0, 0.05) is 46.4 Å². The van der Waals surface area contributed by atoms with E-state index in [2.05, 4.69) is 15.2 Å². The largest absolute Gasteiger partial charge is 0.454 e. The second kappa shape index (κ2) is 9.64. The molecule has 1 amide bonds. The molecule has 28 heavy (non-hydrogen) atoms. The summed E-state index contributed by atoms with van der Waals surface area (Å²) in [7, 11) is 1.78. The maximum Gasteiger partial charge on any atom is 0.251 e. The number of hydrogen-bond acceptors (Lipinski definition) is 5. The Morgan fingerprint density at radius 2 is 1.93 bits per heavy atom. The first-order valence-electron chi connectivity index (χ1n) is 9.49. The first-order chi connectivity index (χ1) is 13.2. The number of nitrogens with one attached hydrogen (secondary N) is 1. The van der Waals surface area contributed by atoms with Crippen LogP contribution in [0.4, 0.5) is 0 Å². The van der Waals surface area contributed by atoms with E-state index in [-0.39, 0.29) is 42.8 Å². The van der Waals surface area contributed by atoms with Crippen LogP contribution in [0.15, 0.2) is 23.2 Å². The lowest BCUT2D eigenvalue weighted by atomic mass is 10.2. The highest BCUT2D eigenvalue weighted by Crippen LogP contribution is 2.32. The highest BCUT2D eigenvalue weighted by molar-refractivity contribution is 14.0. The van der Waals surface area contributed by atoms with Crippen molar-refractivity contribution in [3.63, 3.8) is 0 Å². The van der Waals surface area contributed by atoms with Gasteiger partial charge in [-0.2, -0.15) is 0 Å². The maximum absolute atomic E-state index is 12.5. The molecule has 3 heterocycles. The SMILES string of the molecule is CN=C(NCc1ccc2c(c1)OCO2)N1CCN(C(=O)C2CCCO2)CC1.I. The Bertz CT molecular complexity index is 716. The van der Waals surface area contributed by atoms with E-state index in [1.807, 2.05) is 23.1 Å². The van der Waals surface area contributed by atoms with E-state index in [1.54, 1.807) is 7.05 Å². The number of halogens is 1. The van der Waals surface area contributed by atoms with E-state index in [4.69, 9.17) is 14.2 Å². The molecule has 0 radical (unpaired) electrons. The van der Waals surface area contributed by atoms with E-state index >= 15 is 0 Å². The number of ether oxygens (including phenoxy) is 3. The van der Waals surface area contributed by atoms with Gasteiger partial charge in [-0.05, 0) is 30.5 Å². The van der Waals surface area contributed by atoms with Crippen LogP contribution in [-0.2, 0) is 16.1 Å². The smallest absolute Gasteiger partial charge is 0.251 e. The second-order valence-electron chi connectivity index (χ2n) is 6.90. The van der Waals surface area contributed by atoms with Crippen molar-refractivity contribution < 1.29 is 19.0 Å². The average molecular weight is 502 g/mol. The van der Waals surface area contributed by atoms with Crippen molar-refractivity contribution in [1.29, 1.82) is 0 Å². The highest BCUT2D eigenvalue weighted by atomic mass is 127. The third-order valence-corrected chi connectivity index (χ3v) is 5.20. The number of benzene rings is 1. The highest BCUT2D eigenvalue weighted by Gasteiger charge is 2.30. The molecule has 2 fully saturated rings. The van der Waals surface area contributed by atoms with Crippen molar-refractivity contribution in [2.45, 2.75) is 25.5 Å². The van der Waals surface area contributed by atoms with Crippen LogP contribution in [0, 0.1) is 0 Å². The van der Waals surface area contributed by atoms with Gasteiger partial charge in [-0.15, -0.1) is 24.0 Å². The van der Waals surface area contributed by atoms with E-state index in [0.29, 0.717) is 26.2 Å². The quantitative estimate of drug-likeness (QED) is 0.383. The number of hydrogen-bond donors (Lipinski definition) is 1. The molecule has 3 aliphatic heterocycles. The zero-order chi connectivity index (χ0) is 18.6. The summed E-state index contributed by atoms with van der Waals surface area (Å²) in [6, 6.07) is 5.93. The van der Waals surface area contributed by atoms with Gasteiger partial charge in [0.05, 0.1) is 0 Å². The fourth-order valence-electron chi connectivity index (χ4n) is 3.68. The molecular weight excluding hydrogens is 475 g/mol. The molecule has 1 aromatic rings. The van der Waals surface area contributed by atoms with Crippen molar-refractivity contribution in [3.8, 4) is 11.5 Å². The summed E-state index contributed by atoms with van der Waals surface area (Å²) in [6.45, 7) is 4.55. The molecule has 1 unspecified atom stereocenters. The van der Waals surface area contributed by atoms with Crippen LogP contribution in [-0.4, -0.2) is 74.4 Å². The Morgan fingerprint density at radius 3 is 2.64 bits per heavy atom. The van der Waals surface area contributed by atoms with E-state index in [9.17, 15) is 4.79 Å². The van der Waals surface area contributed by atoms with Crippen molar-refractivity contribution in [3.05, 3.63) is 23.8 Å². The number of aliphatic imine (C=N–C) groups is 1. The second-order valence-corrected chi connectivity index (χ2v) is 6.90. The third kappa shape index (κ3) is 4.62. The summed E-state index contributed by atoms with van der Waals surface area (Å²) >= 11 is 0. The van der Waals surface area contributed by atoms with Crippen LogP contribution in [0.3, 0.4) is 0 Å². The number of rotatable bonds is 3.